The normalized spacial score (nSPS) is 11.7. The first-order valence-electron chi connectivity index (χ1n) is 16.0. The van der Waals surface area contributed by atoms with Crippen LogP contribution in [0.3, 0.4) is 0 Å². The first-order valence-corrected chi connectivity index (χ1v) is 17.1. The molecular weight excluding hydrogens is 590 g/mol. The average molecular weight is 647 g/mol. The predicted octanol–water partition coefficient (Wildman–Crippen LogP) is 8.62. The Labute approximate surface area is 256 Å². The highest BCUT2D eigenvalue weighted by Crippen LogP contribution is 2.14. The molecule has 238 valence electrons. The van der Waals surface area contributed by atoms with E-state index in [0.29, 0.717) is 18.8 Å². The van der Waals surface area contributed by atoms with Gasteiger partial charge in [0.1, 0.15) is 19.0 Å². The number of alkyl carbamates (subject to hydrolysis) is 2. The molecule has 1 aromatic rings. The molecule has 0 saturated heterocycles. The molecule has 0 fully saturated rings. The van der Waals surface area contributed by atoms with Crippen LogP contribution in [0.15, 0.2) is 10.6 Å². The summed E-state index contributed by atoms with van der Waals surface area (Å²) in [7, 11) is 0. The maximum Gasteiger partial charge on any atom is 0.407 e. The van der Waals surface area contributed by atoms with Crippen molar-refractivity contribution in [1.82, 2.24) is 15.8 Å². The van der Waals surface area contributed by atoms with Crippen LogP contribution in [-0.4, -0.2) is 55.1 Å². The number of aryl methyl sites for hydroxylation is 1. The number of hydrogen-bond acceptors (Lipinski definition) is 7. The lowest BCUT2D eigenvalue weighted by molar-refractivity contribution is 0.0324. The van der Waals surface area contributed by atoms with E-state index in [0.717, 1.165) is 37.4 Å². The molecule has 1 unspecified atom stereocenters. The quantitative estimate of drug-likeness (QED) is 0.0727. The second-order valence-electron chi connectivity index (χ2n) is 10.8. The van der Waals surface area contributed by atoms with Gasteiger partial charge in [-0.2, -0.15) is 0 Å². The minimum Gasteiger partial charge on any atom is -0.465 e. The van der Waals surface area contributed by atoms with Crippen LogP contribution >= 0.6 is 15.9 Å². The van der Waals surface area contributed by atoms with Crippen LogP contribution in [0.5, 0.6) is 5.88 Å². The van der Waals surface area contributed by atoms with Crippen LogP contribution in [0.1, 0.15) is 128 Å². The Kier molecular flexibility index (Phi) is 24.3. The van der Waals surface area contributed by atoms with Gasteiger partial charge in [-0.3, -0.25) is 0 Å². The highest BCUT2D eigenvalue weighted by molar-refractivity contribution is 9.09. The third kappa shape index (κ3) is 23.3. The molecule has 1 rings (SSSR count). The molecular formula is C31H56BrN3O6. The molecule has 2 N–H and O–H groups in total. The number of amides is 2. The van der Waals surface area contributed by atoms with Gasteiger partial charge in [0.25, 0.3) is 5.88 Å². The van der Waals surface area contributed by atoms with E-state index in [2.05, 4.69) is 38.6 Å². The molecule has 0 aliphatic carbocycles. The summed E-state index contributed by atoms with van der Waals surface area (Å²) in [6, 6.07) is 1.62. The van der Waals surface area contributed by atoms with Gasteiger partial charge < -0.3 is 29.4 Å². The number of aromatic nitrogens is 1. The Morgan fingerprint density at radius 1 is 0.756 bits per heavy atom. The molecule has 1 heterocycles. The lowest BCUT2D eigenvalue weighted by Gasteiger charge is -2.18. The van der Waals surface area contributed by atoms with E-state index < -0.39 is 18.3 Å². The summed E-state index contributed by atoms with van der Waals surface area (Å²) in [6.45, 7) is 4.94. The van der Waals surface area contributed by atoms with Crippen LogP contribution in [0.25, 0.3) is 0 Å². The fourth-order valence-corrected chi connectivity index (χ4v) is 4.80. The van der Waals surface area contributed by atoms with Gasteiger partial charge in [-0.1, -0.05) is 119 Å². The van der Waals surface area contributed by atoms with Gasteiger partial charge in [-0.05, 0) is 31.3 Å². The van der Waals surface area contributed by atoms with Crippen molar-refractivity contribution in [2.45, 2.75) is 136 Å². The Bertz CT molecular complexity index is 764. The summed E-state index contributed by atoms with van der Waals surface area (Å²) in [4.78, 5) is 24.2. The van der Waals surface area contributed by atoms with Crippen LogP contribution in [-0.2, 0) is 9.47 Å². The first kappa shape index (κ1) is 37.1. The zero-order valence-corrected chi connectivity index (χ0v) is 27.3. The molecule has 9 nitrogen and oxygen atoms in total. The highest BCUT2D eigenvalue weighted by atomic mass is 79.9. The number of alkyl halides is 1. The Hall–Kier alpha value is -1.97. The molecule has 1 aromatic heterocycles. The van der Waals surface area contributed by atoms with E-state index in [1.54, 1.807) is 13.0 Å². The van der Waals surface area contributed by atoms with Crippen molar-refractivity contribution < 1.29 is 28.3 Å². The molecule has 1 atom stereocenters. The molecule has 0 aliphatic heterocycles. The van der Waals surface area contributed by atoms with Crippen molar-refractivity contribution >= 4 is 28.1 Å². The van der Waals surface area contributed by atoms with Gasteiger partial charge in [0.2, 0.25) is 0 Å². The number of carbonyl (C=O) groups is 2. The number of nitrogens with one attached hydrogen (secondary N) is 2. The summed E-state index contributed by atoms with van der Waals surface area (Å²) >= 11 is 3.39. The van der Waals surface area contributed by atoms with Crippen molar-refractivity contribution in [3.8, 4) is 5.88 Å². The molecule has 0 bridgehead atoms. The smallest absolute Gasteiger partial charge is 0.407 e. The van der Waals surface area contributed by atoms with Gasteiger partial charge >= 0.3 is 12.2 Å². The van der Waals surface area contributed by atoms with Crippen LogP contribution in [0.2, 0.25) is 0 Å². The average Bonchev–Trinajstić information content (AvgIpc) is 3.38. The van der Waals surface area contributed by atoms with E-state index >= 15 is 0 Å². The number of hydrogen-bond donors (Lipinski definition) is 2. The summed E-state index contributed by atoms with van der Waals surface area (Å²) in [6.07, 6.45) is 20.7. The number of unbranched alkanes of at least 4 members (excludes halogenated alkanes) is 16. The van der Waals surface area contributed by atoms with Gasteiger partial charge in [0.05, 0.1) is 0 Å². The molecule has 0 spiro atoms. The Balaban J connectivity index is 2.09. The van der Waals surface area contributed by atoms with E-state index in [4.69, 9.17) is 18.7 Å². The summed E-state index contributed by atoms with van der Waals surface area (Å²) in [5.41, 5.74) is 0. The first-order chi connectivity index (χ1) is 20.0. The number of rotatable bonds is 27. The summed E-state index contributed by atoms with van der Waals surface area (Å²) in [5, 5.41) is 10.3. The second kappa shape index (κ2) is 26.9. The standard InChI is InChI=1S/C31H56BrN3O6/c1-3-4-5-6-7-8-9-10-11-12-13-14-15-16-19-22-33-30(36)38-25-28(40-29-24-27(2)41-35-29)26-39-31(37)34-23-20-17-18-21-32/h24,28H,3-23,25-26H2,1-2H3,(H,33,36)(H,34,37). The topological polar surface area (TPSA) is 112 Å². The van der Waals surface area contributed by atoms with Crippen molar-refractivity contribution in [3.63, 3.8) is 0 Å². The van der Waals surface area contributed by atoms with Crippen LogP contribution in [0, 0.1) is 6.92 Å². The zero-order valence-electron chi connectivity index (χ0n) is 25.7. The lowest BCUT2D eigenvalue weighted by Crippen LogP contribution is -2.36. The van der Waals surface area contributed by atoms with E-state index in [1.807, 2.05) is 0 Å². The molecule has 0 radical (unpaired) electrons. The van der Waals surface area contributed by atoms with Gasteiger partial charge in [-0.25, -0.2) is 9.59 Å². The van der Waals surface area contributed by atoms with E-state index in [1.165, 1.54) is 83.5 Å². The number of nitrogens with zero attached hydrogens (tertiary/aromatic N) is 1. The molecule has 41 heavy (non-hydrogen) atoms. The van der Waals surface area contributed by atoms with Gasteiger partial charge in [-0.15, -0.1) is 0 Å². The van der Waals surface area contributed by atoms with E-state index in [9.17, 15) is 9.59 Å². The third-order valence-electron chi connectivity index (χ3n) is 6.82. The molecule has 0 aromatic carbocycles. The monoisotopic (exact) mass is 645 g/mol. The Morgan fingerprint density at radius 3 is 1.61 bits per heavy atom. The van der Waals surface area contributed by atoms with Gasteiger partial charge in [0.15, 0.2) is 6.10 Å². The fraction of sp³-hybridized carbons (Fsp3) is 0.839. The maximum absolute atomic E-state index is 12.2. The van der Waals surface area contributed by atoms with E-state index in [-0.39, 0.29) is 19.1 Å². The SMILES string of the molecule is CCCCCCCCCCCCCCCCCNC(=O)OCC(COC(=O)NCCCCCBr)Oc1cc(C)on1. The van der Waals surface area contributed by atoms with Crippen molar-refractivity contribution in [3.05, 3.63) is 11.8 Å². The van der Waals surface area contributed by atoms with Crippen molar-refractivity contribution in [2.75, 3.05) is 31.6 Å². The second-order valence-corrected chi connectivity index (χ2v) is 11.6. The van der Waals surface area contributed by atoms with Gasteiger partial charge in [0, 0.05) is 24.5 Å². The van der Waals surface area contributed by atoms with Crippen molar-refractivity contribution in [1.29, 1.82) is 0 Å². The number of halogens is 1. The molecule has 2 amide bonds. The highest BCUT2D eigenvalue weighted by Gasteiger charge is 2.18. The summed E-state index contributed by atoms with van der Waals surface area (Å²) in [5.74, 6) is 0.830. The number of carbonyl (C=O) groups excluding carboxylic acids is 2. The van der Waals surface area contributed by atoms with Crippen LogP contribution < -0.4 is 15.4 Å². The zero-order chi connectivity index (χ0) is 29.8. The van der Waals surface area contributed by atoms with Crippen molar-refractivity contribution in [2.24, 2.45) is 0 Å². The summed E-state index contributed by atoms with van der Waals surface area (Å²) < 4.78 is 21.3. The minimum absolute atomic E-state index is 0.0882. The minimum atomic E-state index is -0.713. The predicted molar refractivity (Wildman–Crippen MR) is 167 cm³/mol. The fourth-order valence-electron chi connectivity index (χ4n) is 4.40. The molecule has 0 aliphatic rings. The third-order valence-corrected chi connectivity index (χ3v) is 7.38. The van der Waals surface area contributed by atoms with Crippen LogP contribution in [0.4, 0.5) is 9.59 Å². The molecule has 10 heteroatoms. The molecule has 0 saturated carbocycles. The largest absolute Gasteiger partial charge is 0.465 e. The Morgan fingerprint density at radius 2 is 1.20 bits per heavy atom. The number of ether oxygens (including phenoxy) is 3. The maximum atomic E-state index is 12.2. The lowest BCUT2D eigenvalue weighted by atomic mass is 10.0.